The van der Waals surface area contributed by atoms with E-state index >= 15 is 0 Å². The molecule has 2 aromatic carbocycles. The highest BCUT2D eigenvalue weighted by atomic mass is 16.8. The van der Waals surface area contributed by atoms with Gasteiger partial charge in [0, 0.05) is 0 Å². The summed E-state index contributed by atoms with van der Waals surface area (Å²) in [5.41, 5.74) is 2.13. The largest absolute Gasteiger partial charge is 0.366 e. The summed E-state index contributed by atoms with van der Waals surface area (Å²) in [5.74, 6) is -0.726. The molecule has 2 aliphatic rings. The lowest BCUT2D eigenvalue weighted by Gasteiger charge is -2.25. The van der Waals surface area contributed by atoms with Gasteiger partial charge >= 0.3 is 0 Å². The van der Waals surface area contributed by atoms with Gasteiger partial charge in [-0.3, -0.25) is 0 Å². The molecule has 2 aromatic rings. The Morgan fingerprint density at radius 2 is 1.46 bits per heavy atom. The molecule has 0 aliphatic carbocycles. The third-order valence-corrected chi connectivity index (χ3v) is 4.76. The molecular weight excluding hydrogens is 332 g/mol. The topological polar surface area (TPSA) is 57.2 Å². The number of aliphatic hydroxyl groups is 1. The average Bonchev–Trinajstić information content (AvgIpc) is 3.11. The molecular formula is C21H24O5. The predicted octanol–water partition coefficient (Wildman–Crippen LogP) is 3.03. The van der Waals surface area contributed by atoms with E-state index in [2.05, 4.69) is 0 Å². The number of fused-ring (bicyclic) bond motifs is 1. The van der Waals surface area contributed by atoms with Gasteiger partial charge in [0.25, 0.3) is 0 Å². The number of aliphatic hydroxyl groups excluding tert-OH is 1. The number of hydrogen-bond donors (Lipinski definition) is 1. The fourth-order valence-electron chi connectivity index (χ4n) is 3.62. The first-order valence-corrected chi connectivity index (χ1v) is 8.94. The molecule has 2 heterocycles. The van der Waals surface area contributed by atoms with Crippen molar-refractivity contribution in [1.82, 2.24) is 0 Å². The van der Waals surface area contributed by atoms with Crippen molar-refractivity contribution in [3.8, 4) is 0 Å². The van der Waals surface area contributed by atoms with E-state index in [1.54, 1.807) is 0 Å². The second-order valence-electron chi connectivity index (χ2n) is 7.16. The third-order valence-electron chi connectivity index (χ3n) is 4.76. The van der Waals surface area contributed by atoms with Crippen molar-refractivity contribution in [3.63, 3.8) is 0 Å². The maximum absolute atomic E-state index is 10.1. The first kappa shape index (κ1) is 17.6. The van der Waals surface area contributed by atoms with Gasteiger partial charge in [0.05, 0.1) is 6.61 Å². The van der Waals surface area contributed by atoms with E-state index in [0.29, 0.717) is 6.61 Å². The maximum atomic E-state index is 10.1. The smallest absolute Gasteiger partial charge is 0.184 e. The van der Waals surface area contributed by atoms with Crippen LogP contribution in [-0.2, 0) is 18.9 Å². The zero-order valence-corrected chi connectivity index (χ0v) is 14.9. The average molecular weight is 356 g/mol. The molecule has 2 saturated heterocycles. The zero-order valence-electron chi connectivity index (χ0n) is 14.9. The number of benzene rings is 2. The number of rotatable bonds is 5. The Bertz CT molecular complexity index is 678. The highest BCUT2D eigenvalue weighted by Crippen LogP contribution is 2.38. The molecule has 138 valence electrons. The molecule has 0 amide bonds. The van der Waals surface area contributed by atoms with Crippen molar-refractivity contribution in [2.24, 2.45) is 0 Å². The van der Waals surface area contributed by atoms with Crippen molar-refractivity contribution in [1.29, 1.82) is 0 Å². The summed E-state index contributed by atoms with van der Waals surface area (Å²) >= 11 is 0. The minimum absolute atomic E-state index is 0.215. The van der Waals surface area contributed by atoms with Crippen LogP contribution in [0.2, 0.25) is 0 Å². The Labute approximate surface area is 153 Å². The first-order valence-electron chi connectivity index (χ1n) is 8.94. The SMILES string of the molecule is CC1(C)O[C@@H]2[C@H](O1)C(O)O[C@@H]2COC(c1ccccc1)c1ccccc1. The Morgan fingerprint density at radius 1 is 0.923 bits per heavy atom. The Kier molecular flexibility index (Phi) is 4.82. The van der Waals surface area contributed by atoms with Crippen LogP contribution >= 0.6 is 0 Å². The molecule has 0 saturated carbocycles. The molecule has 0 radical (unpaired) electrons. The Hall–Kier alpha value is -1.76. The van der Waals surface area contributed by atoms with Gasteiger partial charge in [-0.25, -0.2) is 0 Å². The number of ether oxygens (including phenoxy) is 4. The fraction of sp³-hybridized carbons (Fsp3) is 0.429. The second-order valence-corrected chi connectivity index (χ2v) is 7.16. The summed E-state index contributed by atoms with van der Waals surface area (Å²) in [6, 6.07) is 20.1. The van der Waals surface area contributed by atoms with Crippen LogP contribution in [0.15, 0.2) is 60.7 Å². The lowest BCUT2D eigenvalue weighted by atomic mass is 10.0. The van der Waals surface area contributed by atoms with E-state index in [1.165, 1.54) is 0 Å². The summed E-state index contributed by atoms with van der Waals surface area (Å²) in [6.07, 6.45) is -2.42. The second kappa shape index (κ2) is 7.10. The van der Waals surface area contributed by atoms with Crippen molar-refractivity contribution >= 4 is 0 Å². The van der Waals surface area contributed by atoms with Crippen LogP contribution in [0.25, 0.3) is 0 Å². The lowest BCUT2D eigenvalue weighted by Crippen LogP contribution is -2.33. The van der Waals surface area contributed by atoms with Gasteiger partial charge in [-0.15, -0.1) is 0 Å². The van der Waals surface area contributed by atoms with E-state index in [-0.39, 0.29) is 18.3 Å². The molecule has 4 rings (SSSR count). The highest BCUT2D eigenvalue weighted by Gasteiger charge is 2.55. The number of hydrogen-bond acceptors (Lipinski definition) is 5. The molecule has 5 nitrogen and oxygen atoms in total. The quantitative estimate of drug-likeness (QED) is 0.892. The minimum atomic E-state index is -0.998. The summed E-state index contributed by atoms with van der Waals surface area (Å²) in [7, 11) is 0. The molecule has 0 bridgehead atoms. The molecule has 2 aliphatic heterocycles. The van der Waals surface area contributed by atoms with Crippen LogP contribution in [-0.4, -0.2) is 42.1 Å². The van der Waals surface area contributed by atoms with Gasteiger partial charge in [-0.1, -0.05) is 60.7 Å². The first-order chi connectivity index (χ1) is 12.5. The summed E-state index contributed by atoms with van der Waals surface area (Å²) in [4.78, 5) is 0. The highest BCUT2D eigenvalue weighted by molar-refractivity contribution is 5.29. The van der Waals surface area contributed by atoms with E-state index in [1.807, 2.05) is 74.5 Å². The van der Waals surface area contributed by atoms with Gasteiger partial charge in [-0.2, -0.15) is 0 Å². The molecule has 0 spiro atoms. The monoisotopic (exact) mass is 356 g/mol. The van der Waals surface area contributed by atoms with Gasteiger partial charge in [0.15, 0.2) is 12.1 Å². The van der Waals surface area contributed by atoms with Crippen LogP contribution in [0.4, 0.5) is 0 Å². The van der Waals surface area contributed by atoms with Crippen LogP contribution in [0.3, 0.4) is 0 Å². The molecule has 0 aromatic heterocycles. The normalized spacial score (nSPS) is 29.8. The third kappa shape index (κ3) is 3.54. The van der Waals surface area contributed by atoms with Gasteiger partial charge in [-0.05, 0) is 25.0 Å². The molecule has 4 atom stereocenters. The van der Waals surface area contributed by atoms with Crippen LogP contribution in [0.5, 0.6) is 0 Å². The predicted molar refractivity (Wildman–Crippen MR) is 95.4 cm³/mol. The maximum Gasteiger partial charge on any atom is 0.184 e. The fourth-order valence-corrected chi connectivity index (χ4v) is 3.62. The van der Waals surface area contributed by atoms with E-state index in [4.69, 9.17) is 18.9 Å². The summed E-state index contributed by atoms with van der Waals surface area (Å²) < 4.78 is 23.5. The van der Waals surface area contributed by atoms with Crippen molar-refractivity contribution in [2.45, 2.75) is 50.3 Å². The molecule has 1 N–H and O–H groups in total. The van der Waals surface area contributed by atoms with Crippen molar-refractivity contribution < 1.29 is 24.1 Å². The molecule has 5 heteroatoms. The molecule has 26 heavy (non-hydrogen) atoms. The minimum Gasteiger partial charge on any atom is -0.366 e. The summed E-state index contributed by atoms with van der Waals surface area (Å²) in [6.45, 7) is 3.98. The van der Waals surface area contributed by atoms with Crippen LogP contribution < -0.4 is 0 Å². The Morgan fingerprint density at radius 3 is 2.04 bits per heavy atom. The molecule has 2 fully saturated rings. The van der Waals surface area contributed by atoms with E-state index in [9.17, 15) is 5.11 Å². The van der Waals surface area contributed by atoms with Gasteiger partial charge in [0.1, 0.15) is 24.4 Å². The van der Waals surface area contributed by atoms with Crippen molar-refractivity contribution in [2.75, 3.05) is 6.61 Å². The van der Waals surface area contributed by atoms with E-state index in [0.717, 1.165) is 11.1 Å². The lowest BCUT2D eigenvalue weighted by molar-refractivity contribution is -0.226. The summed E-state index contributed by atoms with van der Waals surface area (Å²) in [5, 5.41) is 10.1. The van der Waals surface area contributed by atoms with Gasteiger partial charge < -0.3 is 24.1 Å². The zero-order chi connectivity index (χ0) is 18.1. The van der Waals surface area contributed by atoms with Crippen molar-refractivity contribution in [3.05, 3.63) is 71.8 Å². The van der Waals surface area contributed by atoms with E-state index < -0.39 is 18.2 Å². The van der Waals surface area contributed by atoms with Gasteiger partial charge in [0.2, 0.25) is 0 Å². The molecule has 1 unspecified atom stereocenters. The standard InChI is InChI=1S/C21H24O5/c1-21(2)25-18-16(24-20(22)19(18)26-21)13-23-17(14-9-5-3-6-10-14)15-11-7-4-8-12-15/h3-12,16-20,22H,13H2,1-2H3/t16-,18+,19+,20?/m1/s1. The van der Waals surface area contributed by atoms with Crippen LogP contribution in [0.1, 0.15) is 31.1 Å². The Balaban J connectivity index is 1.51. The van der Waals surface area contributed by atoms with Crippen LogP contribution in [0, 0.1) is 0 Å².